The van der Waals surface area contributed by atoms with Gasteiger partial charge in [0.15, 0.2) is 0 Å². The van der Waals surface area contributed by atoms with Crippen molar-refractivity contribution in [1.29, 1.82) is 0 Å². The summed E-state index contributed by atoms with van der Waals surface area (Å²) < 4.78 is 0. The molecule has 1 aromatic heterocycles. The van der Waals surface area contributed by atoms with Gasteiger partial charge in [0.2, 0.25) is 0 Å². The van der Waals surface area contributed by atoms with Crippen LogP contribution in [0.1, 0.15) is 0 Å². The molecule has 3 rings (SSSR count). The van der Waals surface area contributed by atoms with E-state index in [0.29, 0.717) is 8.19 Å². The molecule has 1 unspecified atom stereocenters. The molecule has 0 bridgehead atoms. The normalized spacial score (nSPS) is 11.2. The first-order valence-corrected chi connectivity index (χ1v) is 5.99. The SMILES string of the molecule is [c]1[pH]c2ccccc2c1-c1ccccc1. The first-order valence-electron chi connectivity index (χ1n) is 4.99. The molecule has 0 aliphatic carbocycles. The van der Waals surface area contributed by atoms with E-state index in [-0.39, 0.29) is 0 Å². The molecular formula is C14H10P. The van der Waals surface area contributed by atoms with Crippen LogP contribution in [0.15, 0.2) is 54.6 Å². The second-order valence-corrected chi connectivity index (χ2v) is 4.58. The van der Waals surface area contributed by atoms with Crippen molar-refractivity contribution in [3.8, 4) is 11.1 Å². The van der Waals surface area contributed by atoms with E-state index in [2.05, 4.69) is 54.3 Å². The number of rotatable bonds is 1. The summed E-state index contributed by atoms with van der Waals surface area (Å²) in [5.74, 6) is 3.48. The molecule has 0 saturated carbocycles. The van der Waals surface area contributed by atoms with Crippen LogP contribution >= 0.6 is 8.19 Å². The van der Waals surface area contributed by atoms with Gasteiger partial charge >= 0.3 is 0 Å². The van der Waals surface area contributed by atoms with Crippen LogP contribution in [0.25, 0.3) is 21.6 Å². The molecule has 71 valence electrons. The van der Waals surface area contributed by atoms with Gasteiger partial charge < -0.3 is 0 Å². The molecule has 1 radical (unpaired) electrons. The van der Waals surface area contributed by atoms with Gasteiger partial charge in [-0.2, -0.15) is 0 Å². The highest BCUT2D eigenvalue weighted by atomic mass is 31.0. The topological polar surface area (TPSA) is 0 Å². The van der Waals surface area contributed by atoms with Gasteiger partial charge in [-0.1, -0.05) is 54.6 Å². The van der Waals surface area contributed by atoms with Gasteiger partial charge in [0.25, 0.3) is 0 Å². The standard InChI is InChI=1S/C14H10P/c1-2-6-11(7-3-1)13-10-15-14-9-5-4-8-12(13)14/h1-9,15H. The third kappa shape index (κ3) is 1.48. The van der Waals surface area contributed by atoms with Crippen LogP contribution < -0.4 is 0 Å². The van der Waals surface area contributed by atoms with Crippen LogP contribution in [0.4, 0.5) is 0 Å². The zero-order valence-electron chi connectivity index (χ0n) is 8.20. The monoisotopic (exact) mass is 209 g/mol. The van der Waals surface area contributed by atoms with Crippen LogP contribution in [0, 0.1) is 5.80 Å². The van der Waals surface area contributed by atoms with E-state index in [1.165, 1.54) is 21.6 Å². The van der Waals surface area contributed by atoms with Crippen molar-refractivity contribution in [1.82, 2.24) is 0 Å². The summed E-state index contributed by atoms with van der Waals surface area (Å²) in [5.41, 5.74) is 2.54. The highest BCUT2D eigenvalue weighted by Gasteiger charge is 2.03. The Bertz CT molecular complexity index is 578. The van der Waals surface area contributed by atoms with Crippen LogP contribution in [0.2, 0.25) is 0 Å². The Kier molecular flexibility index (Phi) is 2.08. The van der Waals surface area contributed by atoms with Crippen LogP contribution in [-0.4, -0.2) is 0 Å². The Labute approximate surface area is 90.7 Å². The van der Waals surface area contributed by atoms with Gasteiger partial charge in [0, 0.05) is 11.4 Å². The van der Waals surface area contributed by atoms with E-state index < -0.39 is 0 Å². The lowest BCUT2D eigenvalue weighted by Crippen LogP contribution is -1.73. The molecule has 15 heavy (non-hydrogen) atoms. The molecule has 0 amide bonds. The molecule has 0 nitrogen and oxygen atoms in total. The molecule has 1 heteroatoms. The van der Waals surface area contributed by atoms with Crippen molar-refractivity contribution in [2.45, 2.75) is 0 Å². The summed E-state index contributed by atoms with van der Waals surface area (Å²) >= 11 is 0. The lowest BCUT2D eigenvalue weighted by Gasteiger charge is -1.98. The molecule has 0 aliphatic rings. The zero-order chi connectivity index (χ0) is 10.1. The third-order valence-corrected chi connectivity index (χ3v) is 3.66. The average molecular weight is 209 g/mol. The summed E-state index contributed by atoms with van der Waals surface area (Å²) in [6.07, 6.45) is 0. The van der Waals surface area contributed by atoms with Crippen LogP contribution in [0.3, 0.4) is 0 Å². The average Bonchev–Trinajstić information content (AvgIpc) is 2.74. The Morgan fingerprint density at radius 2 is 1.53 bits per heavy atom. The Morgan fingerprint density at radius 1 is 0.800 bits per heavy atom. The quantitative estimate of drug-likeness (QED) is 0.559. The van der Waals surface area contributed by atoms with Crippen LogP contribution in [-0.2, 0) is 0 Å². The maximum Gasteiger partial charge on any atom is 0.0116 e. The minimum absolute atomic E-state index is 0.699. The number of hydrogen-bond acceptors (Lipinski definition) is 0. The van der Waals surface area contributed by atoms with E-state index >= 15 is 0 Å². The zero-order valence-corrected chi connectivity index (χ0v) is 9.20. The predicted molar refractivity (Wildman–Crippen MR) is 67.7 cm³/mol. The van der Waals surface area contributed by atoms with E-state index in [1.54, 1.807) is 0 Å². The van der Waals surface area contributed by atoms with Gasteiger partial charge in [-0.3, -0.25) is 0 Å². The number of benzene rings is 2. The van der Waals surface area contributed by atoms with Gasteiger partial charge in [0.05, 0.1) is 0 Å². The molecule has 0 aliphatic heterocycles. The van der Waals surface area contributed by atoms with Gasteiger partial charge in [-0.25, -0.2) is 0 Å². The fourth-order valence-electron chi connectivity index (χ4n) is 1.84. The molecule has 1 atom stereocenters. The second-order valence-electron chi connectivity index (χ2n) is 3.54. The summed E-state index contributed by atoms with van der Waals surface area (Å²) in [4.78, 5) is 0. The van der Waals surface area contributed by atoms with Crippen molar-refractivity contribution in [2.24, 2.45) is 0 Å². The van der Waals surface area contributed by atoms with Gasteiger partial charge in [-0.15, -0.1) is 8.19 Å². The predicted octanol–water partition coefficient (Wildman–Crippen LogP) is 4.34. The van der Waals surface area contributed by atoms with Gasteiger partial charge in [-0.05, 0) is 16.1 Å². The molecule has 2 aromatic carbocycles. The highest BCUT2D eigenvalue weighted by molar-refractivity contribution is 7.36. The molecule has 3 aromatic rings. The minimum atomic E-state index is 0.699. The maximum absolute atomic E-state index is 3.48. The Hall–Kier alpha value is -1.52. The van der Waals surface area contributed by atoms with E-state index in [9.17, 15) is 0 Å². The fourth-order valence-corrected chi connectivity index (χ4v) is 2.90. The fraction of sp³-hybridized carbons (Fsp3) is 0. The lowest BCUT2D eigenvalue weighted by molar-refractivity contribution is 1.68. The third-order valence-electron chi connectivity index (χ3n) is 2.58. The van der Waals surface area contributed by atoms with E-state index in [4.69, 9.17) is 0 Å². The van der Waals surface area contributed by atoms with E-state index in [1.807, 2.05) is 6.07 Å². The molecule has 1 heterocycles. The number of fused-ring (bicyclic) bond motifs is 1. The Morgan fingerprint density at radius 3 is 2.40 bits per heavy atom. The van der Waals surface area contributed by atoms with E-state index in [0.717, 1.165) is 0 Å². The summed E-state index contributed by atoms with van der Waals surface area (Å²) in [5, 5.41) is 2.76. The smallest absolute Gasteiger partial charge is 0.0116 e. The van der Waals surface area contributed by atoms with Gasteiger partial charge in [0.1, 0.15) is 0 Å². The number of hydrogen-bond donors (Lipinski definition) is 0. The highest BCUT2D eigenvalue weighted by Crippen LogP contribution is 2.35. The molecule has 0 N–H and O–H groups in total. The minimum Gasteiger partial charge on any atom is -0.122 e. The van der Waals surface area contributed by atoms with Crippen molar-refractivity contribution >= 4 is 18.7 Å². The van der Waals surface area contributed by atoms with Crippen molar-refractivity contribution in [3.63, 3.8) is 0 Å². The summed E-state index contributed by atoms with van der Waals surface area (Å²) in [7, 11) is 0.699. The summed E-state index contributed by atoms with van der Waals surface area (Å²) in [6.45, 7) is 0. The summed E-state index contributed by atoms with van der Waals surface area (Å²) in [6, 6.07) is 19.1. The second kappa shape index (κ2) is 3.56. The molecule has 0 fully saturated rings. The molecule has 0 spiro atoms. The Balaban J connectivity index is 2.28. The van der Waals surface area contributed by atoms with Crippen molar-refractivity contribution in [2.75, 3.05) is 0 Å². The van der Waals surface area contributed by atoms with Crippen LogP contribution in [0.5, 0.6) is 0 Å². The largest absolute Gasteiger partial charge is 0.122 e. The van der Waals surface area contributed by atoms with Crippen molar-refractivity contribution in [3.05, 3.63) is 60.4 Å². The molecular weight excluding hydrogens is 199 g/mol. The lowest BCUT2D eigenvalue weighted by atomic mass is 10.1. The first kappa shape index (κ1) is 8.76. The van der Waals surface area contributed by atoms with Crippen molar-refractivity contribution < 1.29 is 0 Å². The molecule has 0 saturated heterocycles. The first-order chi connectivity index (χ1) is 7.45. The maximum atomic E-state index is 3.48.